The number of benzene rings is 1. The van der Waals surface area contributed by atoms with Crippen molar-refractivity contribution in [3.63, 3.8) is 0 Å². The second-order valence-electron chi connectivity index (χ2n) is 7.22. The van der Waals surface area contributed by atoms with Gasteiger partial charge >= 0.3 is 0 Å². The van der Waals surface area contributed by atoms with Crippen molar-refractivity contribution < 1.29 is 14.2 Å². The molecule has 0 saturated carbocycles. The quantitative estimate of drug-likeness (QED) is 0.354. The highest BCUT2D eigenvalue weighted by Crippen LogP contribution is 2.39. The maximum absolute atomic E-state index is 5.57. The summed E-state index contributed by atoms with van der Waals surface area (Å²) in [7, 11) is 4.89. The molecule has 1 aromatic carbocycles. The van der Waals surface area contributed by atoms with Crippen molar-refractivity contribution in [3.05, 3.63) is 17.7 Å². The lowest BCUT2D eigenvalue weighted by Gasteiger charge is -2.21. The molecule has 0 aliphatic heterocycles. The number of nitrogens with zero attached hydrogens (tertiary/aromatic N) is 2. The largest absolute Gasteiger partial charge is 0.493 e. The maximum Gasteiger partial charge on any atom is 0.203 e. The minimum atomic E-state index is 0.369. The Bertz CT molecular complexity index is 633. The molecule has 0 aliphatic carbocycles. The van der Waals surface area contributed by atoms with Gasteiger partial charge in [0.25, 0.3) is 0 Å². The van der Waals surface area contributed by atoms with Crippen molar-refractivity contribution in [3.8, 4) is 17.2 Å². The number of nitrogens with one attached hydrogen (secondary N) is 2. The van der Waals surface area contributed by atoms with E-state index in [1.165, 1.54) is 6.42 Å². The molecule has 0 amide bonds. The molecule has 0 radical (unpaired) electrons. The molecule has 1 aromatic rings. The lowest BCUT2D eigenvalue weighted by Crippen LogP contribution is -2.42. The first-order chi connectivity index (χ1) is 14.5. The summed E-state index contributed by atoms with van der Waals surface area (Å²) in [5, 5.41) is 6.87. The molecule has 2 N–H and O–H groups in total. The molecular formula is C23H42N4O3. The van der Waals surface area contributed by atoms with E-state index in [9.17, 15) is 0 Å². The van der Waals surface area contributed by atoms with Gasteiger partial charge < -0.3 is 29.7 Å². The van der Waals surface area contributed by atoms with Crippen molar-refractivity contribution in [1.82, 2.24) is 15.5 Å². The van der Waals surface area contributed by atoms with E-state index in [1.54, 1.807) is 21.3 Å². The molecule has 0 heterocycles. The van der Waals surface area contributed by atoms with E-state index in [1.807, 2.05) is 12.1 Å². The predicted octanol–water partition coefficient (Wildman–Crippen LogP) is 3.32. The first-order valence-electron chi connectivity index (χ1n) is 11.1. The summed E-state index contributed by atoms with van der Waals surface area (Å²) in [6.45, 7) is 13.6. The fourth-order valence-corrected chi connectivity index (χ4v) is 3.43. The van der Waals surface area contributed by atoms with Gasteiger partial charge in [0, 0.05) is 24.7 Å². The Morgan fingerprint density at radius 2 is 1.73 bits per heavy atom. The lowest BCUT2D eigenvalue weighted by molar-refractivity contribution is 0.292. The third-order valence-corrected chi connectivity index (χ3v) is 5.17. The molecule has 0 fully saturated rings. The van der Waals surface area contributed by atoms with Crippen molar-refractivity contribution >= 4 is 5.96 Å². The van der Waals surface area contributed by atoms with Gasteiger partial charge in [-0.25, -0.2) is 0 Å². The standard InChI is InChI=1S/C23H42N4O3/c1-8-24-23(26-18(4)12-11-17-27(9-2)10-3)25-16-15-19-13-14-20(28-5)22(30-7)21(19)29-6/h13-14,18H,8-12,15-17H2,1-7H3,(H2,24,25,26). The van der Waals surface area contributed by atoms with E-state index in [0.29, 0.717) is 29.8 Å². The summed E-state index contributed by atoms with van der Waals surface area (Å²) in [4.78, 5) is 7.21. The molecule has 0 spiro atoms. The number of aliphatic imine (C=N–C) groups is 1. The third-order valence-electron chi connectivity index (χ3n) is 5.17. The van der Waals surface area contributed by atoms with E-state index in [2.05, 4.69) is 43.2 Å². The second-order valence-corrected chi connectivity index (χ2v) is 7.22. The number of methoxy groups -OCH3 is 3. The molecule has 7 nitrogen and oxygen atoms in total. The van der Waals surface area contributed by atoms with Gasteiger partial charge in [-0.3, -0.25) is 4.99 Å². The summed E-state index contributed by atoms with van der Waals surface area (Å²) in [6.07, 6.45) is 3.04. The second kappa shape index (κ2) is 14.8. The van der Waals surface area contributed by atoms with Crippen molar-refractivity contribution in [1.29, 1.82) is 0 Å². The normalized spacial score (nSPS) is 12.6. The number of rotatable bonds is 14. The van der Waals surface area contributed by atoms with E-state index in [0.717, 1.165) is 50.5 Å². The maximum atomic E-state index is 5.57. The van der Waals surface area contributed by atoms with Crippen molar-refractivity contribution in [2.75, 3.05) is 54.1 Å². The SMILES string of the molecule is CCNC(=NCCc1ccc(OC)c(OC)c1OC)NC(C)CCCN(CC)CC. The first kappa shape index (κ1) is 25.9. The van der Waals surface area contributed by atoms with E-state index in [-0.39, 0.29) is 0 Å². The molecule has 0 bridgehead atoms. The average Bonchev–Trinajstić information content (AvgIpc) is 2.76. The highest BCUT2D eigenvalue weighted by molar-refractivity contribution is 5.80. The van der Waals surface area contributed by atoms with Crippen molar-refractivity contribution in [2.24, 2.45) is 4.99 Å². The Labute approximate surface area is 183 Å². The molecule has 7 heteroatoms. The molecule has 30 heavy (non-hydrogen) atoms. The van der Waals surface area contributed by atoms with Crippen LogP contribution < -0.4 is 24.8 Å². The van der Waals surface area contributed by atoms with Gasteiger partial charge in [0.2, 0.25) is 5.75 Å². The van der Waals surface area contributed by atoms with Crippen LogP contribution in [0.25, 0.3) is 0 Å². The lowest BCUT2D eigenvalue weighted by atomic mass is 10.1. The van der Waals surface area contributed by atoms with Crippen LogP contribution in [0.2, 0.25) is 0 Å². The summed E-state index contributed by atoms with van der Waals surface area (Å²) in [6, 6.07) is 4.28. The minimum absolute atomic E-state index is 0.369. The van der Waals surface area contributed by atoms with E-state index in [4.69, 9.17) is 19.2 Å². The molecule has 1 rings (SSSR count). The number of guanidine groups is 1. The van der Waals surface area contributed by atoms with Crippen molar-refractivity contribution in [2.45, 2.75) is 53.0 Å². The van der Waals surface area contributed by atoms with Crippen LogP contribution in [-0.2, 0) is 6.42 Å². The number of ether oxygens (including phenoxy) is 3. The van der Waals surface area contributed by atoms with Crippen LogP contribution in [0.3, 0.4) is 0 Å². The Morgan fingerprint density at radius 1 is 1.03 bits per heavy atom. The zero-order valence-corrected chi connectivity index (χ0v) is 20.0. The molecule has 0 aromatic heterocycles. The fourth-order valence-electron chi connectivity index (χ4n) is 3.43. The van der Waals surface area contributed by atoms with Gasteiger partial charge in [0.15, 0.2) is 17.5 Å². The van der Waals surface area contributed by atoms with Crippen LogP contribution in [0.5, 0.6) is 17.2 Å². The highest BCUT2D eigenvalue weighted by Gasteiger charge is 2.15. The van der Waals surface area contributed by atoms with Crippen LogP contribution in [-0.4, -0.2) is 71.0 Å². The zero-order valence-electron chi connectivity index (χ0n) is 20.0. The van der Waals surface area contributed by atoms with Gasteiger partial charge in [0.05, 0.1) is 21.3 Å². The summed E-state index contributed by atoms with van der Waals surface area (Å²) < 4.78 is 16.4. The van der Waals surface area contributed by atoms with Gasteiger partial charge in [0.1, 0.15) is 0 Å². The van der Waals surface area contributed by atoms with Gasteiger partial charge in [-0.05, 0) is 58.8 Å². The van der Waals surface area contributed by atoms with E-state index < -0.39 is 0 Å². The number of hydrogen-bond donors (Lipinski definition) is 2. The molecule has 0 saturated heterocycles. The third kappa shape index (κ3) is 8.30. The summed E-state index contributed by atoms with van der Waals surface area (Å²) in [5.41, 5.74) is 1.04. The Balaban J connectivity index is 2.68. The van der Waals surface area contributed by atoms with Crippen LogP contribution in [0, 0.1) is 0 Å². The topological polar surface area (TPSA) is 67.4 Å². The molecular weight excluding hydrogens is 380 g/mol. The Morgan fingerprint density at radius 3 is 2.30 bits per heavy atom. The van der Waals surface area contributed by atoms with Crippen LogP contribution in [0.15, 0.2) is 17.1 Å². The zero-order chi connectivity index (χ0) is 22.4. The Kier molecular flexibility index (Phi) is 12.7. The van der Waals surface area contributed by atoms with Crippen LogP contribution in [0.1, 0.15) is 46.1 Å². The molecule has 0 aliphatic rings. The molecule has 1 atom stereocenters. The van der Waals surface area contributed by atoms with Gasteiger partial charge in [-0.2, -0.15) is 0 Å². The first-order valence-corrected chi connectivity index (χ1v) is 11.1. The van der Waals surface area contributed by atoms with Gasteiger partial charge in [-0.15, -0.1) is 0 Å². The average molecular weight is 423 g/mol. The highest BCUT2D eigenvalue weighted by atomic mass is 16.5. The smallest absolute Gasteiger partial charge is 0.203 e. The fraction of sp³-hybridized carbons (Fsp3) is 0.696. The molecule has 172 valence electrons. The minimum Gasteiger partial charge on any atom is -0.493 e. The van der Waals surface area contributed by atoms with Crippen LogP contribution >= 0.6 is 0 Å². The summed E-state index contributed by atoms with van der Waals surface area (Å²) in [5.74, 6) is 2.84. The monoisotopic (exact) mass is 422 g/mol. The van der Waals surface area contributed by atoms with E-state index >= 15 is 0 Å². The Hall–Kier alpha value is -2.15. The number of hydrogen-bond acceptors (Lipinski definition) is 5. The molecule has 1 unspecified atom stereocenters. The summed E-state index contributed by atoms with van der Waals surface area (Å²) >= 11 is 0. The van der Waals surface area contributed by atoms with Crippen LogP contribution in [0.4, 0.5) is 0 Å². The predicted molar refractivity (Wildman–Crippen MR) is 125 cm³/mol. The van der Waals surface area contributed by atoms with Gasteiger partial charge in [-0.1, -0.05) is 19.9 Å².